The maximum absolute atomic E-state index is 13.1. The first kappa shape index (κ1) is 13.5. The first-order valence-corrected chi connectivity index (χ1v) is 5.91. The Morgan fingerprint density at radius 3 is 2.56 bits per heavy atom. The maximum atomic E-state index is 13.1. The molecule has 1 aromatic rings. The molecule has 0 aromatic heterocycles. The third-order valence-corrected chi connectivity index (χ3v) is 3.83. The van der Waals surface area contributed by atoms with Crippen LogP contribution < -0.4 is 5.73 Å². The van der Waals surface area contributed by atoms with E-state index in [1.807, 2.05) is 0 Å². The molecule has 0 heterocycles. The van der Waals surface area contributed by atoms with Crippen LogP contribution in [0, 0.1) is 17.2 Å². The average Bonchev–Trinajstić information content (AvgIpc) is 2.23. The highest BCUT2D eigenvalue weighted by Gasteiger charge is 2.27. The van der Waals surface area contributed by atoms with Crippen LogP contribution in [0.15, 0.2) is 18.2 Å². The first-order valence-electron chi connectivity index (χ1n) is 5.53. The van der Waals surface area contributed by atoms with Crippen molar-refractivity contribution in [3.05, 3.63) is 34.6 Å². The second kappa shape index (κ2) is 5.15. The molecular formula is C13H19ClFN. The van der Waals surface area contributed by atoms with Crippen molar-refractivity contribution in [2.45, 2.75) is 27.2 Å². The van der Waals surface area contributed by atoms with Gasteiger partial charge in [0.25, 0.3) is 0 Å². The van der Waals surface area contributed by atoms with Gasteiger partial charge in [-0.15, -0.1) is 0 Å². The van der Waals surface area contributed by atoms with E-state index in [-0.39, 0.29) is 11.2 Å². The van der Waals surface area contributed by atoms with Gasteiger partial charge in [0.1, 0.15) is 5.82 Å². The molecule has 0 bridgehead atoms. The lowest BCUT2D eigenvalue weighted by atomic mass is 9.74. The van der Waals surface area contributed by atoms with Gasteiger partial charge < -0.3 is 5.73 Å². The normalized spacial score (nSPS) is 15.2. The second-order valence-corrected chi connectivity index (χ2v) is 5.33. The molecule has 1 rings (SSSR count). The van der Waals surface area contributed by atoms with Gasteiger partial charge in [-0.2, -0.15) is 0 Å². The largest absolute Gasteiger partial charge is 0.330 e. The van der Waals surface area contributed by atoms with Gasteiger partial charge in [0, 0.05) is 5.02 Å². The first-order chi connectivity index (χ1) is 7.39. The molecule has 0 aliphatic heterocycles. The van der Waals surface area contributed by atoms with Crippen LogP contribution in [-0.4, -0.2) is 6.54 Å². The molecule has 1 unspecified atom stereocenters. The molecule has 0 spiro atoms. The van der Waals surface area contributed by atoms with Crippen molar-refractivity contribution in [3.63, 3.8) is 0 Å². The lowest BCUT2D eigenvalue weighted by molar-refractivity contribution is 0.227. The van der Waals surface area contributed by atoms with Gasteiger partial charge in [-0.1, -0.05) is 32.4 Å². The molecule has 0 fully saturated rings. The predicted octanol–water partition coefficient (Wildman–Crippen LogP) is 3.64. The highest BCUT2D eigenvalue weighted by Crippen LogP contribution is 2.32. The Labute approximate surface area is 102 Å². The van der Waals surface area contributed by atoms with Crippen LogP contribution in [-0.2, 0) is 6.42 Å². The Kier molecular flexibility index (Phi) is 4.34. The Morgan fingerprint density at radius 1 is 1.44 bits per heavy atom. The summed E-state index contributed by atoms with van der Waals surface area (Å²) in [7, 11) is 0. The minimum absolute atomic E-state index is 0.0442. The van der Waals surface area contributed by atoms with Crippen molar-refractivity contribution in [2.24, 2.45) is 17.1 Å². The molecule has 0 saturated heterocycles. The van der Waals surface area contributed by atoms with Crippen LogP contribution in [0.25, 0.3) is 0 Å². The van der Waals surface area contributed by atoms with E-state index in [0.717, 1.165) is 5.56 Å². The van der Waals surface area contributed by atoms with Crippen LogP contribution in [0.3, 0.4) is 0 Å². The Hall–Kier alpha value is -0.600. The van der Waals surface area contributed by atoms with E-state index in [0.29, 0.717) is 23.9 Å². The molecule has 2 N–H and O–H groups in total. The van der Waals surface area contributed by atoms with E-state index in [2.05, 4.69) is 20.8 Å². The molecule has 0 amide bonds. The number of rotatable bonds is 4. The zero-order valence-electron chi connectivity index (χ0n) is 10.1. The number of nitrogens with two attached hydrogens (primary N) is 1. The molecule has 0 saturated carbocycles. The third-order valence-electron chi connectivity index (χ3n) is 3.46. The summed E-state index contributed by atoms with van der Waals surface area (Å²) < 4.78 is 13.1. The van der Waals surface area contributed by atoms with E-state index in [9.17, 15) is 4.39 Å². The minimum atomic E-state index is -0.248. The summed E-state index contributed by atoms with van der Waals surface area (Å²) in [4.78, 5) is 0. The van der Waals surface area contributed by atoms with Crippen molar-refractivity contribution in [2.75, 3.05) is 6.54 Å². The molecule has 3 heteroatoms. The summed E-state index contributed by atoms with van der Waals surface area (Å²) in [6, 6.07) is 4.48. The van der Waals surface area contributed by atoms with Gasteiger partial charge in [-0.3, -0.25) is 0 Å². The van der Waals surface area contributed by atoms with Crippen LogP contribution in [0.1, 0.15) is 26.3 Å². The van der Waals surface area contributed by atoms with Crippen molar-refractivity contribution in [3.8, 4) is 0 Å². The molecule has 1 aromatic carbocycles. The minimum Gasteiger partial charge on any atom is -0.330 e. The van der Waals surface area contributed by atoms with Gasteiger partial charge in [0.15, 0.2) is 0 Å². The van der Waals surface area contributed by atoms with E-state index >= 15 is 0 Å². The topological polar surface area (TPSA) is 26.0 Å². The molecule has 0 aliphatic carbocycles. The zero-order chi connectivity index (χ0) is 12.3. The van der Waals surface area contributed by atoms with Crippen molar-refractivity contribution >= 4 is 11.6 Å². The van der Waals surface area contributed by atoms with Crippen LogP contribution in [0.5, 0.6) is 0 Å². The standard InChI is InChI=1S/C13H19ClFN/c1-9(2)13(3,8-16)7-10-6-11(15)4-5-12(10)14/h4-6,9H,7-8,16H2,1-3H3. The zero-order valence-corrected chi connectivity index (χ0v) is 10.8. The van der Waals surface area contributed by atoms with Crippen LogP contribution in [0.4, 0.5) is 4.39 Å². The quantitative estimate of drug-likeness (QED) is 0.859. The van der Waals surface area contributed by atoms with E-state index in [4.69, 9.17) is 17.3 Å². The number of halogens is 2. The molecule has 90 valence electrons. The predicted molar refractivity (Wildman–Crippen MR) is 67.1 cm³/mol. The Balaban J connectivity index is 2.98. The number of benzene rings is 1. The Morgan fingerprint density at radius 2 is 2.06 bits per heavy atom. The fourth-order valence-corrected chi connectivity index (χ4v) is 1.81. The summed E-state index contributed by atoms with van der Waals surface area (Å²) in [6.07, 6.45) is 0.706. The van der Waals surface area contributed by atoms with E-state index in [1.54, 1.807) is 6.07 Å². The van der Waals surface area contributed by atoms with Crippen LogP contribution >= 0.6 is 11.6 Å². The molecule has 16 heavy (non-hydrogen) atoms. The van der Waals surface area contributed by atoms with Crippen molar-refractivity contribution < 1.29 is 4.39 Å². The third kappa shape index (κ3) is 2.96. The molecule has 1 nitrogen and oxygen atoms in total. The molecule has 0 radical (unpaired) electrons. The lowest BCUT2D eigenvalue weighted by Gasteiger charge is -2.32. The number of hydrogen-bond acceptors (Lipinski definition) is 1. The smallest absolute Gasteiger partial charge is 0.123 e. The highest BCUT2D eigenvalue weighted by atomic mass is 35.5. The number of hydrogen-bond donors (Lipinski definition) is 1. The van der Waals surface area contributed by atoms with Gasteiger partial charge in [-0.05, 0) is 48.1 Å². The van der Waals surface area contributed by atoms with Gasteiger partial charge in [-0.25, -0.2) is 4.39 Å². The highest BCUT2D eigenvalue weighted by molar-refractivity contribution is 6.31. The SMILES string of the molecule is CC(C)C(C)(CN)Cc1cc(F)ccc1Cl. The average molecular weight is 244 g/mol. The molecular weight excluding hydrogens is 225 g/mol. The second-order valence-electron chi connectivity index (χ2n) is 4.93. The van der Waals surface area contributed by atoms with Crippen molar-refractivity contribution in [1.29, 1.82) is 0 Å². The Bertz CT molecular complexity index is 365. The van der Waals surface area contributed by atoms with Crippen molar-refractivity contribution in [1.82, 2.24) is 0 Å². The van der Waals surface area contributed by atoms with E-state index < -0.39 is 0 Å². The van der Waals surface area contributed by atoms with Gasteiger partial charge in [0.05, 0.1) is 0 Å². The summed E-state index contributed by atoms with van der Waals surface area (Å²) in [6.45, 7) is 6.93. The van der Waals surface area contributed by atoms with E-state index in [1.165, 1.54) is 12.1 Å². The summed E-state index contributed by atoms with van der Waals surface area (Å²) >= 11 is 6.06. The van der Waals surface area contributed by atoms with Gasteiger partial charge in [0.2, 0.25) is 0 Å². The van der Waals surface area contributed by atoms with Crippen LogP contribution in [0.2, 0.25) is 5.02 Å². The summed E-state index contributed by atoms with van der Waals surface area (Å²) in [5.74, 6) is 0.180. The molecule has 1 atom stereocenters. The molecule has 0 aliphatic rings. The fraction of sp³-hybridized carbons (Fsp3) is 0.538. The fourth-order valence-electron chi connectivity index (χ4n) is 1.63. The van der Waals surface area contributed by atoms with Gasteiger partial charge >= 0.3 is 0 Å². The lowest BCUT2D eigenvalue weighted by Crippen LogP contribution is -2.34. The summed E-state index contributed by atoms with van der Waals surface area (Å²) in [5, 5.41) is 0.613. The summed E-state index contributed by atoms with van der Waals surface area (Å²) in [5.41, 5.74) is 6.60. The monoisotopic (exact) mass is 243 g/mol. The maximum Gasteiger partial charge on any atom is 0.123 e.